The Morgan fingerprint density at radius 1 is 0.967 bits per heavy atom. The SMILES string of the molecule is COc1ccc(C=Nc2oc(-c3ccccc3)c(-c3ccccc3)c2C#N)cc1Br. The van der Waals surface area contributed by atoms with Gasteiger partial charge in [-0.2, -0.15) is 5.26 Å². The Morgan fingerprint density at radius 3 is 2.23 bits per heavy atom. The Morgan fingerprint density at radius 2 is 1.63 bits per heavy atom. The van der Waals surface area contributed by atoms with E-state index >= 15 is 0 Å². The van der Waals surface area contributed by atoms with E-state index < -0.39 is 0 Å². The lowest BCUT2D eigenvalue weighted by atomic mass is 9.98. The number of methoxy groups -OCH3 is 1. The summed E-state index contributed by atoms with van der Waals surface area (Å²) in [4.78, 5) is 4.50. The van der Waals surface area contributed by atoms with Crippen LogP contribution >= 0.6 is 15.9 Å². The molecule has 0 N–H and O–H groups in total. The summed E-state index contributed by atoms with van der Waals surface area (Å²) >= 11 is 3.48. The number of ether oxygens (including phenoxy) is 1. The lowest BCUT2D eigenvalue weighted by molar-refractivity contribution is 0.412. The van der Waals surface area contributed by atoms with Crippen molar-refractivity contribution in [3.05, 3.63) is 94.5 Å². The minimum atomic E-state index is 0.280. The standard InChI is InChI=1S/C25H17BrN2O2/c1-29-22-13-12-17(14-21(22)26)16-28-25-20(15-27)23(18-8-4-2-5-9-18)24(30-25)19-10-6-3-7-11-19/h2-14,16H,1H3. The maximum Gasteiger partial charge on any atom is 0.238 e. The van der Waals surface area contributed by atoms with Gasteiger partial charge in [0.1, 0.15) is 23.1 Å². The predicted molar refractivity (Wildman–Crippen MR) is 122 cm³/mol. The first kappa shape index (κ1) is 19.7. The Balaban J connectivity index is 1.84. The number of hydrogen-bond acceptors (Lipinski definition) is 4. The maximum absolute atomic E-state index is 9.92. The first-order valence-corrected chi connectivity index (χ1v) is 10.1. The molecule has 0 amide bonds. The lowest BCUT2D eigenvalue weighted by Crippen LogP contribution is -1.87. The summed E-state index contributed by atoms with van der Waals surface area (Å²) in [6.45, 7) is 0. The Kier molecular flexibility index (Phi) is 5.78. The number of rotatable bonds is 5. The zero-order valence-corrected chi connectivity index (χ0v) is 17.8. The van der Waals surface area contributed by atoms with Gasteiger partial charge in [-0.25, -0.2) is 4.99 Å². The molecule has 4 rings (SSSR count). The van der Waals surface area contributed by atoms with E-state index in [4.69, 9.17) is 9.15 Å². The molecule has 0 saturated heterocycles. The summed E-state index contributed by atoms with van der Waals surface area (Å²) in [5, 5.41) is 9.92. The molecule has 0 aliphatic rings. The van der Waals surface area contributed by atoms with Crippen molar-refractivity contribution >= 4 is 28.0 Å². The summed E-state index contributed by atoms with van der Waals surface area (Å²) in [6.07, 6.45) is 1.67. The van der Waals surface area contributed by atoms with E-state index in [0.717, 1.165) is 32.5 Å². The fourth-order valence-electron chi connectivity index (χ4n) is 3.18. The fraction of sp³-hybridized carbons (Fsp3) is 0.0400. The second-order valence-corrected chi connectivity index (χ2v) is 7.34. The summed E-state index contributed by atoms with van der Waals surface area (Å²) in [5.41, 5.74) is 3.80. The van der Waals surface area contributed by atoms with Crippen molar-refractivity contribution < 1.29 is 9.15 Å². The highest BCUT2D eigenvalue weighted by Crippen LogP contribution is 2.42. The van der Waals surface area contributed by atoms with Crippen molar-refractivity contribution in [2.45, 2.75) is 0 Å². The van der Waals surface area contributed by atoms with Crippen LogP contribution in [0.4, 0.5) is 5.88 Å². The zero-order valence-electron chi connectivity index (χ0n) is 16.2. The summed E-state index contributed by atoms with van der Waals surface area (Å²) in [6, 6.07) is 27.4. The maximum atomic E-state index is 9.92. The van der Waals surface area contributed by atoms with Crippen molar-refractivity contribution in [2.24, 2.45) is 4.99 Å². The molecule has 1 aromatic heterocycles. The molecule has 0 saturated carbocycles. The summed E-state index contributed by atoms with van der Waals surface area (Å²) < 4.78 is 12.2. The molecule has 4 nitrogen and oxygen atoms in total. The molecule has 3 aromatic carbocycles. The van der Waals surface area contributed by atoms with Gasteiger partial charge in [0, 0.05) is 17.3 Å². The largest absolute Gasteiger partial charge is 0.496 e. The van der Waals surface area contributed by atoms with Crippen molar-refractivity contribution in [1.29, 1.82) is 5.26 Å². The van der Waals surface area contributed by atoms with Crippen LogP contribution < -0.4 is 4.74 Å². The fourth-order valence-corrected chi connectivity index (χ4v) is 3.74. The van der Waals surface area contributed by atoms with Crippen LogP contribution in [0.3, 0.4) is 0 Å². The van der Waals surface area contributed by atoms with Gasteiger partial charge in [0.05, 0.1) is 11.6 Å². The predicted octanol–water partition coefficient (Wildman–Crippen LogP) is 7.01. The zero-order chi connectivity index (χ0) is 20.9. The third-order valence-electron chi connectivity index (χ3n) is 4.61. The van der Waals surface area contributed by atoms with Crippen LogP contribution in [0, 0.1) is 11.3 Å². The van der Waals surface area contributed by atoms with E-state index in [1.165, 1.54) is 0 Å². The lowest BCUT2D eigenvalue weighted by Gasteiger charge is -2.03. The average Bonchev–Trinajstić information content (AvgIpc) is 3.17. The van der Waals surface area contributed by atoms with Crippen molar-refractivity contribution in [1.82, 2.24) is 0 Å². The van der Waals surface area contributed by atoms with E-state index in [1.54, 1.807) is 13.3 Å². The number of benzene rings is 3. The van der Waals surface area contributed by atoms with Crippen LogP contribution in [0.1, 0.15) is 11.1 Å². The second kappa shape index (κ2) is 8.81. The van der Waals surface area contributed by atoms with Crippen LogP contribution in [0.25, 0.3) is 22.5 Å². The number of nitriles is 1. The molecule has 0 radical (unpaired) electrons. The van der Waals surface area contributed by atoms with Crippen molar-refractivity contribution in [3.8, 4) is 34.3 Å². The smallest absolute Gasteiger partial charge is 0.238 e. The highest BCUT2D eigenvalue weighted by molar-refractivity contribution is 9.10. The number of hydrogen-bond donors (Lipinski definition) is 0. The monoisotopic (exact) mass is 456 g/mol. The molecule has 0 aliphatic heterocycles. The number of nitrogens with zero attached hydrogens (tertiary/aromatic N) is 2. The molecule has 146 valence electrons. The van der Waals surface area contributed by atoms with Gasteiger partial charge < -0.3 is 9.15 Å². The average molecular weight is 457 g/mol. The first-order valence-electron chi connectivity index (χ1n) is 9.26. The van der Waals surface area contributed by atoms with E-state index in [0.29, 0.717) is 11.3 Å². The van der Waals surface area contributed by atoms with Crippen molar-refractivity contribution in [3.63, 3.8) is 0 Å². The van der Waals surface area contributed by atoms with Crippen LogP contribution in [-0.4, -0.2) is 13.3 Å². The molecule has 5 heteroatoms. The van der Waals surface area contributed by atoms with Gasteiger partial charge in [0.25, 0.3) is 0 Å². The van der Waals surface area contributed by atoms with Crippen molar-refractivity contribution in [2.75, 3.05) is 7.11 Å². The van der Waals surface area contributed by atoms with Gasteiger partial charge in [-0.05, 0) is 45.3 Å². The van der Waals surface area contributed by atoms with Crippen LogP contribution in [0.5, 0.6) is 5.75 Å². The summed E-state index contributed by atoms with van der Waals surface area (Å²) in [7, 11) is 1.62. The molecule has 4 aromatic rings. The normalized spacial score (nSPS) is 10.8. The van der Waals surface area contributed by atoms with Gasteiger partial charge in [0.15, 0.2) is 0 Å². The Labute approximate surface area is 183 Å². The summed E-state index contributed by atoms with van der Waals surface area (Å²) in [5.74, 6) is 1.64. The highest BCUT2D eigenvalue weighted by atomic mass is 79.9. The molecule has 30 heavy (non-hydrogen) atoms. The van der Waals surface area contributed by atoms with E-state index in [1.807, 2.05) is 78.9 Å². The second-order valence-electron chi connectivity index (χ2n) is 6.48. The Bertz CT molecular complexity index is 1240. The molecule has 0 aliphatic carbocycles. The molecular formula is C25H17BrN2O2. The highest BCUT2D eigenvalue weighted by Gasteiger charge is 2.22. The topological polar surface area (TPSA) is 58.5 Å². The minimum absolute atomic E-state index is 0.280. The third kappa shape index (κ3) is 3.91. The van der Waals surface area contributed by atoms with Crippen LogP contribution in [-0.2, 0) is 0 Å². The van der Waals surface area contributed by atoms with E-state index in [9.17, 15) is 5.26 Å². The molecule has 0 fully saturated rings. The Hall–Kier alpha value is -3.62. The van der Waals surface area contributed by atoms with Gasteiger partial charge in [0.2, 0.25) is 5.88 Å². The molecule has 0 unspecified atom stereocenters. The molecular weight excluding hydrogens is 440 g/mol. The van der Waals surface area contributed by atoms with Gasteiger partial charge >= 0.3 is 0 Å². The number of aliphatic imine (C=N–C) groups is 1. The quantitative estimate of drug-likeness (QED) is 0.303. The first-order chi connectivity index (χ1) is 14.7. The molecule has 0 bridgehead atoms. The number of furan rings is 1. The van der Waals surface area contributed by atoms with Crippen LogP contribution in [0.15, 0.2) is 92.7 Å². The van der Waals surface area contributed by atoms with Gasteiger partial charge in [-0.15, -0.1) is 0 Å². The molecule has 0 spiro atoms. The minimum Gasteiger partial charge on any atom is -0.496 e. The molecule has 0 atom stereocenters. The van der Waals surface area contributed by atoms with Gasteiger partial charge in [-0.3, -0.25) is 0 Å². The molecule has 1 heterocycles. The van der Waals surface area contributed by atoms with Crippen LogP contribution in [0.2, 0.25) is 0 Å². The number of halogens is 1. The third-order valence-corrected chi connectivity index (χ3v) is 5.23. The van der Waals surface area contributed by atoms with E-state index in [-0.39, 0.29) is 5.88 Å². The van der Waals surface area contributed by atoms with Gasteiger partial charge in [-0.1, -0.05) is 60.7 Å². The van der Waals surface area contributed by atoms with E-state index in [2.05, 4.69) is 27.0 Å².